The molecule has 1 fully saturated rings. The number of carbonyl (C=O) groups excluding carboxylic acids is 1. The van der Waals surface area contributed by atoms with Gasteiger partial charge < -0.3 is 11.1 Å². The van der Waals surface area contributed by atoms with Crippen LogP contribution in [0.1, 0.15) is 54.9 Å². The molecule has 138 valence electrons. The average Bonchev–Trinajstić information content (AvgIpc) is 2.67. The predicted molar refractivity (Wildman–Crippen MR) is 106 cm³/mol. The highest BCUT2D eigenvalue weighted by atomic mass is 16.1. The quantitative estimate of drug-likeness (QED) is 0.736. The molecule has 0 bridgehead atoms. The highest BCUT2D eigenvalue weighted by Crippen LogP contribution is 2.29. The van der Waals surface area contributed by atoms with Crippen molar-refractivity contribution >= 4 is 5.91 Å². The summed E-state index contributed by atoms with van der Waals surface area (Å²) >= 11 is 0. The topological polar surface area (TPSA) is 68.0 Å². The van der Waals surface area contributed by atoms with E-state index >= 15 is 0 Å². The van der Waals surface area contributed by atoms with Crippen molar-refractivity contribution in [2.75, 3.05) is 6.54 Å². The number of nitrogens with one attached hydrogen (secondary N) is 1. The van der Waals surface area contributed by atoms with E-state index in [1.54, 1.807) is 12.1 Å². The first-order valence-corrected chi connectivity index (χ1v) is 9.67. The largest absolute Gasteiger partial charge is 0.366 e. The number of hydrogen-bond donors (Lipinski definition) is 2. The van der Waals surface area contributed by atoms with Gasteiger partial charge in [-0.2, -0.15) is 0 Å². The van der Waals surface area contributed by atoms with Gasteiger partial charge in [0.05, 0.1) is 5.69 Å². The van der Waals surface area contributed by atoms with Gasteiger partial charge in [0, 0.05) is 23.9 Å². The molecule has 1 aromatic heterocycles. The zero-order valence-corrected chi connectivity index (χ0v) is 15.6. The summed E-state index contributed by atoms with van der Waals surface area (Å²) in [7, 11) is 0. The van der Waals surface area contributed by atoms with Crippen molar-refractivity contribution in [1.29, 1.82) is 0 Å². The van der Waals surface area contributed by atoms with Gasteiger partial charge in [0.15, 0.2) is 0 Å². The molecular formula is C22H29N3O. The van der Waals surface area contributed by atoms with Crippen LogP contribution in [0.4, 0.5) is 0 Å². The Balaban J connectivity index is 1.47. The zero-order chi connectivity index (χ0) is 18.4. The van der Waals surface area contributed by atoms with E-state index in [9.17, 15) is 4.79 Å². The van der Waals surface area contributed by atoms with E-state index in [2.05, 4.69) is 23.3 Å². The van der Waals surface area contributed by atoms with Crippen molar-refractivity contribution in [2.45, 2.75) is 45.6 Å². The van der Waals surface area contributed by atoms with E-state index in [1.165, 1.54) is 37.7 Å². The summed E-state index contributed by atoms with van der Waals surface area (Å²) < 4.78 is 0. The van der Waals surface area contributed by atoms with Crippen molar-refractivity contribution < 1.29 is 4.79 Å². The molecular weight excluding hydrogens is 322 g/mol. The van der Waals surface area contributed by atoms with E-state index in [0.717, 1.165) is 36.2 Å². The maximum atomic E-state index is 11.3. The smallest absolute Gasteiger partial charge is 0.248 e. The first-order chi connectivity index (χ1) is 12.6. The number of hydrogen-bond acceptors (Lipinski definition) is 3. The summed E-state index contributed by atoms with van der Waals surface area (Å²) in [6, 6.07) is 11.4. The molecule has 1 aliphatic carbocycles. The Labute approximate surface area is 156 Å². The van der Waals surface area contributed by atoms with Gasteiger partial charge in [0.1, 0.15) is 0 Å². The number of nitrogens with zero attached hydrogens (tertiary/aromatic N) is 1. The van der Waals surface area contributed by atoms with Crippen molar-refractivity contribution in [3.63, 3.8) is 0 Å². The molecule has 0 saturated heterocycles. The van der Waals surface area contributed by atoms with Crippen LogP contribution in [0.15, 0.2) is 42.6 Å². The van der Waals surface area contributed by atoms with E-state index < -0.39 is 5.91 Å². The Kier molecular flexibility index (Phi) is 6.40. The average molecular weight is 351 g/mol. The second-order valence-corrected chi connectivity index (χ2v) is 7.59. The monoisotopic (exact) mass is 351 g/mol. The third-order valence-corrected chi connectivity index (χ3v) is 5.46. The number of carbonyl (C=O) groups is 1. The maximum Gasteiger partial charge on any atom is 0.248 e. The minimum atomic E-state index is -0.417. The van der Waals surface area contributed by atoms with Crippen LogP contribution in [-0.2, 0) is 6.54 Å². The van der Waals surface area contributed by atoms with E-state index in [4.69, 9.17) is 5.73 Å². The molecule has 0 spiro atoms. The number of benzene rings is 1. The Morgan fingerprint density at radius 2 is 2.00 bits per heavy atom. The third kappa shape index (κ3) is 5.15. The highest BCUT2D eigenvalue weighted by molar-refractivity contribution is 5.93. The second kappa shape index (κ2) is 8.95. The number of primary amides is 1. The zero-order valence-electron chi connectivity index (χ0n) is 15.6. The summed E-state index contributed by atoms with van der Waals surface area (Å²) in [5, 5.41) is 3.54. The molecule has 1 saturated carbocycles. The fourth-order valence-electron chi connectivity index (χ4n) is 3.69. The number of nitrogens with two attached hydrogens (primary N) is 1. The second-order valence-electron chi connectivity index (χ2n) is 7.59. The summed E-state index contributed by atoms with van der Waals surface area (Å²) in [4.78, 5) is 15.8. The molecule has 1 heterocycles. The lowest BCUT2D eigenvalue weighted by Crippen LogP contribution is -2.20. The van der Waals surface area contributed by atoms with E-state index in [-0.39, 0.29) is 0 Å². The molecule has 1 aliphatic rings. The van der Waals surface area contributed by atoms with Gasteiger partial charge in [-0.15, -0.1) is 0 Å². The Hall–Kier alpha value is -2.20. The molecule has 4 nitrogen and oxygen atoms in total. The molecule has 0 atom stereocenters. The summed E-state index contributed by atoms with van der Waals surface area (Å²) in [6.07, 6.45) is 8.76. The summed E-state index contributed by atoms with van der Waals surface area (Å²) in [5.74, 6) is 1.41. The van der Waals surface area contributed by atoms with Gasteiger partial charge in [0.2, 0.25) is 5.91 Å². The molecule has 4 heteroatoms. The molecule has 3 N–H and O–H groups in total. The number of rotatable bonds is 7. The van der Waals surface area contributed by atoms with Gasteiger partial charge in [-0.05, 0) is 48.6 Å². The van der Waals surface area contributed by atoms with Crippen LogP contribution in [0.25, 0.3) is 11.3 Å². The first-order valence-electron chi connectivity index (χ1n) is 9.67. The van der Waals surface area contributed by atoms with Crippen LogP contribution in [0.2, 0.25) is 0 Å². The molecule has 26 heavy (non-hydrogen) atoms. The molecule has 0 unspecified atom stereocenters. The maximum absolute atomic E-state index is 11.3. The van der Waals surface area contributed by atoms with Crippen LogP contribution in [0, 0.1) is 11.8 Å². The van der Waals surface area contributed by atoms with Crippen LogP contribution >= 0.6 is 0 Å². The normalized spacial score (nSPS) is 20.0. The molecule has 0 aliphatic heterocycles. The SMILES string of the molecule is CC1CCC(CCNCc2ccc(-c3cccc(C(N)=O)c3)nc2)CC1. The van der Waals surface area contributed by atoms with E-state index in [0.29, 0.717) is 5.56 Å². The van der Waals surface area contributed by atoms with Gasteiger partial charge in [-0.25, -0.2) is 0 Å². The van der Waals surface area contributed by atoms with Gasteiger partial charge in [-0.1, -0.05) is 50.8 Å². The molecule has 3 rings (SSSR count). The highest BCUT2D eigenvalue weighted by Gasteiger charge is 2.17. The van der Waals surface area contributed by atoms with Crippen LogP contribution in [0.5, 0.6) is 0 Å². The Morgan fingerprint density at radius 1 is 1.19 bits per heavy atom. The van der Waals surface area contributed by atoms with Crippen molar-refractivity contribution in [2.24, 2.45) is 17.6 Å². The lowest BCUT2D eigenvalue weighted by Gasteiger charge is -2.26. The predicted octanol–water partition coefficient (Wildman–Crippen LogP) is 4.15. The van der Waals surface area contributed by atoms with Crippen LogP contribution in [-0.4, -0.2) is 17.4 Å². The minimum absolute atomic E-state index is 0.417. The molecule has 1 aromatic carbocycles. The van der Waals surface area contributed by atoms with Gasteiger partial charge in [-0.3, -0.25) is 9.78 Å². The fraction of sp³-hybridized carbons (Fsp3) is 0.455. The van der Waals surface area contributed by atoms with Crippen molar-refractivity contribution in [1.82, 2.24) is 10.3 Å². The first kappa shape index (κ1) is 18.6. The van der Waals surface area contributed by atoms with Crippen molar-refractivity contribution in [3.05, 3.63) is 53.7 Å². The Morgan fingerprint density at radius 3 is 2.69 bits per heavy atom. The summed E-state index contributed by atoms with van der Waals surface area (Å²) in [6.45, 7) is 4.29. The van der Waals surface area contributed by atoms with Gasteiger partial charge >= 0.3 is 0 Å². The standard InChI is InChI=1S/C22H29N3O/c1-16-5-7-17(8-6-16)11-12-24-14-18-9-10-21(25-15-18)19-3-2-4-20(13-19)22(23)26/h2-4,9-10,13,15-17,24H,5-8,11-12,14H2,1H3,(H2,23,26). The number of amides is 1. The van der Waals surface area contributed by atoms with Crippen molar-refractivity contribution in [3.8, 4) is 11.3 Å². The Bertz CT molecular complexity index is 718. The molecule has 2 aromatic rings. The minimum Gasteiger partial charge on any atom is -0.366 e. The fourth-order valence-corrected chi connectivity index (χ4v) is 3.69. The number of aromatic nitrogens is 1. The lowest BCUT2D eigenvalue weighted by atomic mass is 9.81. The van der Waals surface area contributed by atoms with Crippen LogP contribution < -0.4 is 11.1 Å². The third-order valence-electron chi connectivity index (χ3n) is 5.46. The van der Waals surface area contributed by atoms with Crippen LogP contribution in [0.3, 0.4) is 0 Å². The number of pyridine rings is 1. The lowest BCUT2D eigenvalue weighted by molar-refractivity contribution is 0.100. The molecule has 0 radical (unpaired) electrons. The summed E-state index contributed by atoms with van der Waals surface area (Å²) in [5.41, 5.74) is 8.79. The van der Waals surface area contributed by atoms with Gasteiger partial charge in [0.25, 0.3) is 0 Å². The van der Waals surface area contributed by atoms with E-state index in [1.807, 2.05) is 24.4 Å². The molecule has 1 amide bonds.